The van der Waals surface area contributed by atoms with Gasteiger partial charge in [-0.05, 0) is 80.7 Å². The van der Waals surface area contributed by atoms with Gasteiger partial charge < -0.3 is 10.5 Å². The van der Waals surface area contributed by atoms with E-state index in [0.717, 1.165) is 48.9 Å². The zero-order valence-corrected chi connectivity index (χ0v) is 18.9. The molecule has 0 spiro atoms. The van der Waals surface area contributed by atoms with Crippen molar-refractivity contribution >= 4 is 12.0 Å². The van der Waals surface area contributed by atoms with Gasteiger partial charge in [-0.25, -0.2) is 4.39 Å². The molecular weight excluding hydrogens is 403 g/mol. The molecule has 1 unspecified atom stereocenters. The molecule has 2 aliphatic rings. The average Bonchev–Trinajstić information content (AvgIpc) is 3.06. The molecule has 1 saturated heterocycles. The van der Waals surface area contributed by atoms with Crippen LogP contribution in [0.1, 0.15) is 51.6 Å². The van der Waals surface area contributed by atoms with Crippen molar-refractivity contribution in [2.45, 2.75) is 58.1 Å². The van der Waals surface area contributed by atoms with Crippen molar-refractivity contribution in [1.29, 1.82) is 0 Å². The maximum Gasteiger partial charge on any atom is 0.309 e. The number of benzene rings is 1. The van der Waals surface area contributed by atoms with E-state index in [0.29, 0.717) is 12.0 Å². The molecule has 2 aromatic rings. The molecule has 1 aromatic carbocycles. The second-order valence-electron chi connectivity index (χ2n) is 9.54. The Morgan fingerprint density at radius 3 is 2.66 bits per heavy atom. The number of allylic oxidation sites excluding steroid dienone is 1. The molecule has 1 aromatic heterocycles. The van der Waals surface area contributed by atoms with Crippen molar-refractivity contribution in [2.75, 3.05) is 0 Å². The number of nitrogens with zero attached hydrogens (tertiary/aromatic N) is 1. The Hall–Kier alpha value is -2.53. The molecule has 1 aliphatic heterocycles. The van der Waals surface area contributed by atoms with Crippen LogP contribution in [0.15, 0.2) is 48.7 Å². The molecule has 5 heteroatoms. The minimum Gasteiger partial charge on any atom is -0.462 e. The maximum absolute atomic E-state index is 13.5. The largest absolute Gasteiger partial charge is 0.462 e. The summed E-state index contributed by atoms with van der Waals surface area (Å²) in [5.74, 6) is 0.571. The smallest absolute Gasteiger partial charge is 0.309 e. The highest BCUT2D eigenvalue weighted by Gasteiger charge is 2.45. The number of ether oxygens (including phenoxy) is 1. The van der Waals surface area contributed by atoms with Crippen molar-refractivity contribution in [2.24, 2.45) is 29.4 Å². The SMILES string of the molecule is C[C@H](/C=C/c1ccc(-c2cccc(F)c2)cn1)[C@H]1C(CC2CCC(N)CC2)C(=O)O[C@@H]1C. The summed E-state index contributed by atoms with van der Waals surface area (Å²) >= 11 is 0. The summed E-state index contributed by atoms with van der Waals surface area (Å²) < 4.78 is 19.1. The van der Waals surface area contributed by atoms with E-state index < -0.39 is 0 Å². The topological polar surface area (TPSA) is 65.2 Å². The Balaban J connectivity index is 1.42. The third-order valence-corrected chi connectivity index (χ3v) is 7.21. The fourth-order valence-corrected chi connectivity index (χ4v) is 5.39. The highest BCUT2D eigenvalue weighted by Crippen LogP contribution is 2.41. The molecule has 32 heavy (non-hydrogen) atoms. The van der Waals surface area contributed by atoms with Crippen molar-refractivity contribution < 1.29 is 13.9 Å². The third-order valence-electron chi connectivity index (χ3n) is 7.21. The van der Waals surface area contributed by atoms with Crippen LogP contribution in [-0.4, -0.2) is 23.1 Å². The maximum atomic E-state index is 13.5. The molecule has 0 radical (unpaired) electrons. The fraction of sp³-hybridized carbons (Fsp3) is 0.481. The van der Waals surface area contributed by atoms with Crippen LogP contribution in [0.2, 0.25) is 0 Å². The molecule has 4 nitrogen and oxygen atoms in total. The van der Waals surface area contributed by atoms with Crippen LogP contribution in [0.25, 0.3) is 17.2 Å². The van der Waals surface area contributed by atoms with Gasteiger partial charge in [0.05, 0.1) is 11.6 Å². The normalized spacial score (nSPS) is 29.2. The number of esters is 1. The quantitative estimate of drug-likeness (QED) is 0.597. The first kappa shape index (κ1) is 22.7. The minimum atomic E-state index is -0.256. The van der Waals surface area contributed by atoms with Crippen molar-refractivity contribution in [3.05, 3.63) is 60.2 Å². The highest BCUT2D eigenvalue weighted by atomic mass is 19.1. The Bertz CT molecular complexity index is 950. The van der Waals surface area contributed by atoms with Crippen molar-refractivity contribution in [1.82, 2.24) is 4.98 Å². The predicted molar refractivity (Wildman–Crippen MR) is 125 cm³/mol. The Morgan fingerprint density at radius 2 is 1.97 bits per heavy atom. The highest BCUT2D eigenvalue weighted by molar-refractivity contribution is 5.75. The van der Waals surface area contributed by atoms with E-state index >= 15 is 0 Å². The van der Waals surface area contributed by atoms with Gasteiger partial charge in [-0.15, -0.1) is 0 Å². The van der Waals surface area contributed by atoms with Gasteiger partial charge in [0.2, 0.25) is 0 Å². The number of hydrogen-bond acceptors (Lipinski definition) is 4. The summed E-state index contributed by atoms with van der Waals surface area (Å²) in [7, 11) is 0. The van der Waals surface area contributed by atoms with Gasteiger partial charge in [0.25, 0.3) is 0 Å². The first-order valence-electron chi connectivity index (χ1n) is 11.8. The monoisotopic (exact) mass is 436 g/mol. The molecule has 4 rings (SSSR count). The van der Waals surface area contributed by atoms with Crippen molar-refractivity contribution in [3.8, 4) is 11.1 Å². The number of rotatable bonds is 6. The zero-order chi connectivity index (χ0) is 22.7. The zero-order valence-electron chi connectivity index (χ0n) is 18.9. The van der Waals surface area contributed by atoms with Gasteiger partial charge in [0.15, 0.2) is 0 Å². The van der Waals surface area contributed by atoms with E-state index in [1.807, 2.05) is 31.2 Å². The Morgan fingerprint density at radius 1 is 1.19 bits per heavy atom. The minimum absolute atomic E-state index is 0.0461. The van der Waals surface area contributed by atoms with Crippen LogP contribution in [-0.2, 0) is 9.53 Å². The van der Waals surface area contributed by atoms with Gasteiger partial charge in [-0.3, -0.25) is 9.78 Å². The van der Waals surface area contributed by atoms with Gasteiger partial charge >= 0.3 is 5.97 Å². The van der Waals surface area contributed by atoms with E-state index in [9.17, 15) is 9.18 Å². The van der Waals surface area contributed by atoms with E-state index in [1.54, 1.807) is 12.3 Å². The second kappa shape index (κ2) is 9.95. The number of carbonyl (C=O) groups excluding carboxylic acids is 1. The standard InChI is InChI=1S/C27H33FN2O2/c1-17(6-12-24-13-9-21(16-30-24)20-4-3-5-22(28)15-20)26-18(2)32-27(31)25(26)14-19-7-10-23(29)11-8-19/h3-6,9,12-13,15-19,23,25-26H,7-8,10-11,14,29H2,1-2H3/b12-6+/t17-,18-,19?,23?,25?,26-/m1/s1. The Kier molecular flexibility index (Phi) is 7.04. The molecule has 1 saturated carbocycles. The molecule has 2 N–H and O–H groups in total. The molecule has 1 aliphatic carbocycles. The molecule has 2 heterocycles. The van der Waals surface area contributed by atoms with E-state index in [4.69, 9.17) is 10.5 Å². The molecule has 2 fully saturated rings. The summed E-state index contributed by atoms with van der Waals surface area (Å²) in [6.07, 6.45) is 11.1. The van der Waals surface area contributed by atoms with Gasteiger partial charge in [0.1, 0.15) is 11.9 Å². The van der Waals surface area contributed by atoms with E-state index in [-0.39, 0.29) is 35.6 Å². The summed E-state index contributed by atoms with van der Waals surface area (Å²) in [5, 5.41) is 0. The lowest BCUT2D eigenvalue weighted by atomic mass is 9.73. The fourth-order valence-electron chi connectivity index (χ4n) is 5.39. The lowest BCUT2D eigenvalue weighted by Gasteiger charge is -2.30. The van der Waals surface area contributed by atoms with Crippen LogP contribution in [0.4, 0.5) is 4.39 Å². The van der Waals surface area contributed by atoms with Crippen LogP contribution in [0, 0.1) is 29.5 Å². The first-order chi connectivity index (χ1) is 15.4. The average molecular weight is 437 g/mol. The number of nitrogens with two attached hydrogens (primary N) is 1. The number of halogens is 1. The van der Waals surface area contributed by atoms with Gasteiger partial charge in [-0.2, -0.15) is 0 Å². The first-order valence-corrected chi connectivity index (χ1v) is 11.8. The van der Waals surface area contributed by atoms with E-state index in [1.165, 1.54) is 12.1 Å². The van der Waals surface area contributed by atoms with Crippen LogP contribution in [0.5, 0.6) is 0 Å². The number of carbonyl (C=O) groups is 1. The molecule has 170 valence electrons. The molecule has 4 atom stereocenters. The Labute approximate surface area is 190 Å². The second-order valence-corrected chi connectivity index (χ2v) is 9.54. The van der Waals surface area contributed by atoms with Crippen LogP contribution >= 0.6 is 0 Å². The number of hydrogen-bond donors (Lipinski definition) is 1. The number of aromatic nitrogens is 1. The summed E-state index contributed by atoms with van der Waals surface area (Å²) in [6.45, 7) is 4.17. The van der Waals surface area contributed by atoms with Gasteiger partial charge in [-0.1, -0.05) is 31.2 Å². The number of cyclic esters (lactones) is 1. The lowest BCUT2D eigenvalue weighted by molar-refractivity contribution is -0.144. The predicted octanol–water partition coefficient (Wildman–Crippen LogP) is 5.62. The molecular formula is C27H33FN2O2. The van der Waals surface area contributed by atoms with Crippen molar-refractivity contribution in [3.63, 3.8) is 0 Å². The number of pyridine rings is 1. The van der Waals surface area contributed by atoms with Gasteiger partial charge in [0, 0.05) is 23.7 Å². The summed E-state index contributed by atoms with van der Waals surface area (Å²) in [5.41, 5.74) is 8.58. The van der Waals surface area contributed by atoms with Crippen LogP contribution in [0.3, 0.4) is 0 Å². The molecule has 0 amide bonds. The third kappa shape index (κ3) is 5.26. The summed E-state index contributed by atoms with van der Waals surface area (Å²) in [4.78, 5) is 17.1. The summed E-state index contributed by atoms with van der Waals surface area (Å²) in [6, 6.07) is 10.7. The van der Waals surface area contributed by atoms with E-state index in [2.05, 4.69) is 18.0 Å². The lowest BCUT2D eigenvalue weighted by Crippen LogP contribution is -2.31. The van der Waals surface area contributed by atoms with Crippen LogP contribution < -0.4 is 5.73 Å². The molecule has 0 bridgehead atoms.